The molecular weight excluding hydrogens is 203 g/mol. The maximum atomic E-state index is 10.4. The average molecular weight is 219 g/mol. The summed E-state index contributed by atoms with van der Waals surface area (Å²) in [5.74, 6) is -0.827. The summed E-state index contributed by atoms with van der Waals surface area (Å²) in [6.45, 7) is 2.94. The molecule has 0 spiro atoms. The minimum Gasteiger partial charge on any atom is -0.480 e. The van der Waals surface area contributed by atoms with E-state index in [1.165, 1.54) is 0 Å². The van der Waals surface area contributed by atoms with Crippen molar-refractivity contribution in [1.29, 1.82) is 0 Å². The van der Waals surface area contributed by atoms with Crippen molar-refractivity contribution < 1.29 is 9.90 Å². The van der Waals surface area contributed by atoms with E-state index >= 15 is 0 Å². The minimum atomic E-state index is -0.827. The summed E-state index contributed by atoms with van der Waals surface area (Å²) in [4.78, 5) is 10.4. The van der Waals surface area contributed by atoms with Crippen LogP contribution in [0.15, 0.2) is 0 Å². The summed E-state index contributed by atoms with van der Waals surface area (Å²) >= 11 is 0. The van der Waals surface area contributed by atoms with Crippen molar-refractivity contribution in [2.75, 3.05) is 13.1 Å². The van der Waals surface area contributed by atoms with Gasteiger partial charge in [-0.3, -0.25) is 4.79 Å². The van der Waals surface area contributed by atoms with Crippen LogP contribution in [0, 0.1) is 0 Å². The van der Waals surface area contributed by atoms with Crippen molar-refractivity contribution in [2.24, 2.45) is 5.73 Å². The van der Waals surface area contributed by atoms with Crippen molar-refractivity contribution in [3.05, 3.63) is 0 Å². The number of carbonyl (C=O) groups is 1. The summed E-state index contributed by atoms with van der Waals surface area (Å²) in [7, 11) is 0. The standard InChI is InChI=1S/C6H14N2O2.2ClH/c1-2-8-5(3-4-7)6(9)10;;/h5,8H,2-4,7H2,1H3,(H,9,10);2*1H. The van der Waals surface area contributed by atoms with Crippen LogP contribution in [0.4, 0.5) is 0 Å². The van der Waals surface area contributed by atoms with Crippen LogP contribution in [-0.4, -0.2) is 30.2 Å². The lowest BCUT2D eigenvalue weighted by atomic mass is 10.2. The summed E-state index contributed by atoms with van der Waals surface area (Å²) < 4.78 is 0. The maximum Gasteiger partial charge on any atom is 0.320 e. The molecule has 0 aliphatic heterocycles. The molecule has 0 aromatic heterocycles. The molecular formula is C6H16Cl2N2O2. The molecule has 0 fully saturated rings. The number of carboxylic acid groups (broad SMARTS) is 1. The Bertz CT molecular complexity index is 108. The van der Waals surface area contributed by atoms with E-state index in [1.807, 2.05) is 6.92 Å². The van der Waals surface area contributed by atoms with Crippen LogP contribution >= 0.6 is 24.8 Å². The first kappa shape index (κ1) is 17.9. The normalized spacial score (nSPS) is 10.8. The first-order valence-corrected chi connectivity index (χ1v) is 3.38. The number of rotatable bonds is 5. The second-order valence-corrected chi connectivity index (χ2v) is 2.03. The Hall–Kier alpha value is -0.0300. The van der Waals surface area contributed by atoms with E-state index in [1.54, 1.807) is 0 Å². The van der Waals surface area contributed by atoms with Gasteiger partial charge in [-0.15, -0.1) is 24.8 Å². The fraction of sp³-hybridized carbons (Fsp3) is 0.833. The molecule has 0 aromatic carbocycles. The molecule has 0 saturated carbocycles. The van der Waals surface area contributed by atoms with Crippen LogP contribution < -0.4 is 11.1 Å². The van der Waals surface area contributed by atoms with Gasteiger partial charge in [-0.05, 0) is 19.5 Å². The Labute approximate surface area is 84.7 Å². The van der Waals surface area contributed by atoms with Crippen molar-refractivity contribution >= 4 is 30.8 Å². The van der Waals surface area contributed by atoms with Crippen molar-refractivity contribution in [3.8, 4) is 0 Å². The molecule has 6 heteroatoms. The molecule has 12 heavy (non-hydrogen) atoms. The zero-order valence-corrected chi connectivity index (χ0v) is 8.58. The lowest BCUT2D eigenvalue weighted by molar-refractivity contribution is -0.139. The first-order chi connectivity index (χ1) is 4.72. The van der Waals surface area contributed by atoms with Gasteiger partial charge in [0.05, 0.1) is 0 Å². The molecule has 4 N–H and O–H groups in total. The summed E-state index contributed by atoms with van der Waals surface area (Å²) in [6, 6.07) is -0.477. The number of hydrogen-bond acceptors (Lipinski definition) is 3. The highest BCUT2D eigenvalue weighted by atomic mass is 35.5. The Morgan fingerprint density at radius 1 is 1.58 bits per heavy atom. The van der Waals surface area contributed by atoms with Gasteiger partial charge in [0.1, 0.15) is 6.04 Å². The van der Waals surface area contributed by atoms with Gasteiger partial charge >= 0.3 is 5.97 Å². The van der Waals surface area contributed by atoms with Crippen molar-refractivity contribution in [1.82, 2.24) is 5.32 Å². The molecule has 1 atom stereocenters. The van der Waals surface area contributed by atoms with Crippen LogP contribution in [0.25, 0.3) is 0 Å². The molecule has 0 amide bonds. The molecule has 0 heterocycles. The Morgan fingerprint density at radius 3 is 2.33 bits per heavy atom. The number of hydrogen-bond donors (Lipinski definition) is 3. The first-order valence-electron chi connectivity index (χ1n) is 3.38. The van der Waals surface area contributed by atoms with E-state index in [2.05, 4.69) is 5.32 Å². The number of halogens is 2. The quantitative estimate of drug-likeness (QED) is 0.619. The number of nitrogens with two attached hydrogens (primary N) is 1. The topological polar surface area (TPSA) is 75.3 Å². The number of carboxylic acids is 1. The van der Waals surface area contributed by atoms with Crippen LogP contribution in [0.2, 0.25) is 0 Å². The van der Waals surface area contributed by atoms with E-state index < -0.39 is 12.0 Å². The van der Waals surface area contributed by atoms with E-state index in [0.717, 1.165) is 0 Å². The largest absolute Gasteiger partial charge is 0.480 e. The fourth-order valence-corrected chi connectivity index (χ4v) is 0.726. The van der Waals surface area contributed by atoms with Gasteiger partial charge in [0.15, 0.2) is 0 Å². The maximum absolute atomic E-state index is 10.4. The molecule has 0 saturated heterocycles. The van der Waals surface area contributed by atoms with Gasteiger partial charge in [-0.1, -0.05) is 6.92 Å². The van der Waals surface area contributed by atoms with E-state index in [-0.39, 0.29) is 24.8 Å². The molecule has 0 aliphatic carbocycles. The van der Waals surface area contributed by atoms with Gasteiger partial charge in [0.25, 0.3) is 0 Å². The van der Waals surface area contributed by atoms with Crippen molar-refractivity contribution in [3.63, 3.8) is 0 Å². The Kier molecular flexibility index (Phi) is 16.4. The number of likely N-dealkylation sites (N-methyl/N-ethyl adjacent to an activating group) is 1. The van der Waals surface area contributed by atoms with Crippen LogP contribution in [-0.2, 0) is 4.79 Å². The van der Waals surface area contributed by atoms with Gasteiger partial charge in [0, 0.05) is 0 Å². The predicted octanol–water partition coefficient (Wildman–Crippen LogP) is 0.242. The average Bonchev–Trinajstić information content (AvgIpc) is 1.87. The zero-order valence-electron chi connectivity index (χ0n) is 6.95. The van der Waals surface area contributed by atoms with Gasteiger partial charge in [-0.2, -0.15) is 0 Å². The van der Waals surface area contributed by atoms with E-state index in [4.69, 9.17) is 10.8 Å². The predicted molar refractivity (Wildman–Crippen MR) is 53.3 cm³/mol. The Balaban J connectivity index is -0.000000405. The lowest BCUT2D eigenvalue weighted by Crippen LogP contribution is -2.38. The monoisotopic (exact) mass is 218 g/mol. The number of aliphatic carboxylic acids is 1. The molecule has 0 aromatic rings. The molecule has 0 aliphatic rings. The molecule has 76 valence electrons. The highest BCUT2D eigenvalue weighted by molar-refractivity contribution is 5.85. The summed E-state index contributed by atoms with van der Waals surface area (Å²) in [6.07, 6.45) is 0.489. The summed E-state index contributed by atoms with van der Waals surface area (Å²) in [5.41, 5.74) is 5.19. The highest BCUT2D eigenvalue weighted by Crippen LogP contribution is 1.88. The van der Waals surface area contributed by atoms with Gasteiger partial charge in [0.2, 0.25) is 0 Å². The van der Waals surface area contributed by atoms with Crippen LogP contribution in [0.3, 0.4) is 0 Å². The van der Waals surface area contributed by atoms with Crippen molar-refractivity contribution in [2.45, 2.75) is 19.4 Å². The SMILES string of the molecule is CCNC(CCN)C(=O)O.Cl.Cl. The van der Waals surface area contributed by atoms with Crippen LogP contribution in [0.1, 0.15) is 13.3 Å². The zero-order chi connectivity index (χ0) is 7.98. The third-order valence-corrected chi connectivity index (χ3v) is 1.20. The molecule has 0 radical (unpaired) electrons. The van der Waals surface area contributed by atoms with Gasteiger partial charge < -0.3 is 16.2 Å². The lowest BCUT2D eigenvalue weighted by Gasteiger charge is -2.10. The number of nitrogens with one attached hydrogen (secondary N) is 1. The molecule has 4 nitrogen and oxygen atoms in total. The second kappa shape index (κ2) is 11.0. The molecule has 0 rings (SSSR count). The molecule has 1 unspecified atom stereocenters. The molecule has 0 bridgehead atoms. The highest BCUT2D eigenvalue weighted by Gasteiger charge is 2.13. The smallest absolute Gasteiger partial charge is 0.320 e. The third-order valence-electron chi connectivity index (χ3n) is 1.20. The minimum absolute atomic E-state index is 0. The second-order valence-electron chi connectivity index (χ2n) is 2.03. The summed E-state index contributed by atoms with van der Waals surface area (Å²) in [5, 5.41) is 11.3. The fourth-order valence-electron chi connectivity index (χ4n) is 0.726. The van der Waals surface area contributed by atoms with Crippen LogP contribution in [0.5, 0.6) is 0 Å². The van der Waals surface area contributed by atoms with Gasteiger partial charge in [-0.25, -0.2) is 0 Å². The van der Waals surface area contributed by atoms with E-state index in [9.17, 15) is 4.79 Å². The Morgan fingerprint density at radius 2 is 2.08 bits per heavy atom. The van der Waals surface area contributed by atoms with E-state index in [0.29, 0.717) is 19.5 Å². The third kappa shape index (κ3) is 8.07.